The van der Waals surface area contributed by atoms with Crippen LogP contribution in [0.3, 0.4) is 0 Å². The molecule has 0 radical (unpaired) electrons. The highest BCUT2D eigenvalue weighted by atomic mass is 32.2. The molecule has 0 aliphatic carbocycles. The Hall–Kier alpha value is -0.930. The van der Waals surface area contributed by atoms with Gasteiger partial charge in [-0.05, 0) is 44.8 Å². The number of aromatic nitrogens is 1. The van der Waals surface area contributed by atoms with Gasteiger partial charge in [-0.25, -0.2) is 0 Å². The van der Waals surface area contributed by atoms with E-state index in [2.05, 4.69) is 66.5 Å². The minimum absolute atomic E-state index is 0.564. The van der Waals surface area contributed by atoms with Crippen LogP contribution in [0.15, 0.2) is 24.3 Å². The number of benzene rings is 1. The van der Waals surface area contributed by atoms with Crippen molar-refractivity contribution in [3.8, 4) is 0 Å². The lowest BCUT2D eigenvalue weighted by atomic mass is 10.1. The van der Waals surface area contributed by atoms with Crippen molar-refractivity contribution in [3.63, 3.8) is 0 Å². The summed E-state index contributed by atoms with van der Waals surface area (Å²) in [6.45, 7) is 3.40. The van der Waals surface area contributed by atoms with Crippen LogP contribution in [-0.2, 0) is 18.7 Å². The molecule has 19 heavy (non-hydrogen) atoms. The lowest BCUT2D eigenvalue weighted by molar-refractivity contribution is 0.284. The molecule has 102 valence electrons. The third-order valence-electron chi connectivity index (χ3n) is 4.25. The molecular formula is C16H22N2S. The lowest BCUT2D eigenvalue weighted by Gasteiger charge is -2.23. The number of nitrogens with zero attached hydrogens (tertiary/aromatic N) is 2. The smallest absolute Gasteiger partial charge is 0.0486 e. The van der Waals surface area contributed by atoms with Crippen molar-refractivity contribution in [3.05, 3.63) is 35.5 Å². The highest BCUT2D eigenvalue weighted by molar-refractivity contribution is 7.98. The van der Waals surface area contributed by atoms with Crippen molar-refractivity contribution in [2.24, 2.45) is 0 Å². The molecule has 1 aromatic carbocycles. The minimum atomic E-state index is 0.564. The number of thioether (sulfide) groups is 1. The van der Waals surface area contributed by atoms with E-state index in [0.717, 1.165) is 6.54 Å². The van der Waals surface area contributed by atoms with E-state index in [9.17, 15) is 0 Å². The summed E-state index contributed by atoms with van der Waals surface area (Å²) in [5, 5.41) is 1.47. The highest BCUT2D eigenvalue weighted by Gasteiger charge is 2.21. The fraction of sp³-hybridized carbons (Fsp3) is 0.500. The average molecular weight is 274 g/mol. The Bertz CT molecular complexity index is 586. The molecule has 0 saturated heterocycles. The zero-order valence-corrected chi connectivity index (χ0v) is 12.8. The van der Waals surface area contributed by atoms with E-state index in [1.807, 2.05) is 0 Å². The quantitative estimate of drug-likeness (QED) is 0.848. The van der Waals surface area contributed by atoms with Crippen LogP contribution >= 0.6 is 11.8 Å². The first-order valence-electron chi connectivity index (χ1n) is 7.01. The molecule has 0 amide bonds. The molecule has 1 aliphatic heterocycles. The van der Waals surface area contributed by atoms with Crippen molar-refractivity contribution >= 4 is 22.7 Å². The van der Waals surface area contributed by atoms with E-state index < -0.39 is 0 Å². The van der Waals surface area contributed by atoms with E-state index in [4.69, 9.17) is 0 Å². The number of rotatable bonds is 3. The number of hydrogen-bond acceptors (Lipinski definition) is 2. The monoisotopic (exact) mass is 274 g/mol. The van der Waals surface area contributed by atoms with Crippen molar-refractivity contribution in [2.75, 3.05) is 19.8 Å². The zero-order chi connectivity index (χ0) is 13.4. The molecule has 2 aromatic rings. The fourth-order valence-electron chi connectivity index (χ4n) is 2.85. The SMILES string of the molecule is C[C@@H](Cn1c2c(c3ccccc31)CSCC2)N(C)C. The van der Waals surface area contributed by atoms with Gasteiger partial charge in [-0.1, -0.05) is 18.2 Å². The summed E-state index contributed by atoms with van der Waals surface area (Å²) < 4.78 is 2.56. The Labute approximate surface area is 119 Å². The van der Waals surface area contributed by atoms with Crippen molar-refractivity contribution in [2.45, 2.75) is 31.7 Å². The Morgan fingerprint density at radius 2 is 2.11 bits per heavy atom. The van der Waals surface area contributed by atoms with E-state index in [-0.39, 0.29) is 0 Å². The van der Waals surface area contributed by atoms with E-state index >= 15 is 0 Å². The van der Waals surface area contributed by atoms with Crippen LogP contribution in [0.25, 0.3) is 10.9 Å². The molecule has 1 aliphatic rings. The van der Waals surface area contributed by atoms with Gasteiger partial charge in [0, 0.05) is 34.9 Å². The fourth-order valence-corrected chi connectivity index (χ4v) is 3.86. The first-order chi connectivity index (χ1) is 9.18. The molecule has 3 heteroatoms. The van der Waals surface area contributed by atoms with Gasteiger partial charge in [-0.3, -0.25) is 0 Å². The van der Waals surface area contributed by atoms with Gasteiger partial charge in [-0.2, -0.15) is 11.8 Å². The summed E-state index contributed by atoms with van der Waals surface area (Å²) in [7, 11) is 4.33. The summed E-state index contributed by atoms with van der Waals surface area (Å²) in [4.78, 5) is 2.30. The summed E-state index contributed by atoms with van der Waals surface area (Å²) in [6.07, 6.45) is 1.22. The first-order valence-corrected chi connectivity index (χ1v) is 8.17. The number of fused-ring (bicyclic) bond motifs is 3. The van der Waals surface area contributed by atoms with Crippen LogP contribution in [-0.4, -0.2) is 35.4 Å². The van der Waals surface area contributed by atoms with Gasteiger partial charge in [0.1, 0.15) is 0 Å². The van der Waals surface area contributed by atoms with E-state index in [1.54, 1.807) is 11.3 Å². The van der Waals surface area contributed by atoms with Crippen LogP contribution in [0.4, 0.5) is 0 Å². The molecule has 1 aromatic heterocycles. The number of likely N-dealkylation sites (N-methyl/N-ethyl adjacent to an activating group) is 1. The maximum atomic E-state index is 2.56. The number of hydrogen-bond donors (Lipinski definition) is 0. The second-order valence-corrected chi connectivity index (χ2v) is 6.77. The molecule has 0 N–H and O–H groups in total. The van der Waals surface area contributed by atoms with Gasteiger partial charge in [0.05, 0.1) is 0 Å². The second kappa shape index (κ2) is 5.22. The molecule has 1 atom stereocenters. The van der Waals surface area contributed by atoms with Gasteiger partial charge in [0.2, 0.25) is 0 Å². The first kappa shape index (κ1) is 13.1. The van der Waals surface area contributed by atoms with Crippen LogP contribution in [0, 0.1) is 0 Å². The molecule has 0 fully saturated rings. The summed E-state index contributed by atoms with van der Waals surface area (Å²) in [5.41, 5.74) is 4.58. The van der Waals surface area contributed by atoms with Crippen molar-refractivity contribution in [1.29, 1.82) is 0 Å². The third kappa shape index (κ3) is 2.30. The lowest BCUT2D eigenvalue weighted by Crippen LogP contribution is -2.30. The molecule has 2 nitrogen and oxygen atoms in total. The number of para-hydroxylation sites is 1. The molecule has 2 heterocycles. The van der Waals surface area contributed by atoms with Crippen LogP contribution in [0.1, 0.15) is 18.2 Å². The van der Waals surface area contributed by atoms with Gasteiger partial charge in [-0.15, -0.1) is 0 Å². The molecule has 0 unspecified atom stereocenters. The highest BCUT2D eigenvalue weighted by Crippen LogP contribution is 2.34. The molecule has 3 rings (SSSR count). The standard InChI is InChI=1S/C16H22N2S/c1-12(17(2)3)10-18-15-7-5-4-6-13(15)14-11-19-9-8-16(14)18/h4-7,12H,8-11H2,1-3H3/t12-/m0/s1. The Morgan fingerprint density at radius 3 is 2.89 bits per heavy atom. The van der Waals surface area contributed by atoms with Gasteiger partial charge in [0.15, 0.2) is 0 Å². The summed E-state index contributed by atoms with van der Waals surface area (Å²) >= 11 is 2.07. The predicted molar refractivity (Wildman–Crippen MR) is 85.0 cm³/mol. The minimum Gasteiger partial charge on any atom is -0.343 e. The second-order valence-electron chi connectivity index (χ2n) is 5.67. The van der Waals surface area contributed by atoms with E-state index in [1.165, 1.54) is 28.8 Å². The maximum absolute atomic E-state index is 2.56. The topological polar surface area (TPSA) is 8.17 Å². The van der Waals surface area contributed by atoms with Crippen molar-refractivity contribution < 1.29 is 0 Å². The average Bonchev–Trinajstić information content (AvgIpc) is 2.74. The van der Waals surface area contributed by atoms with Gasteiger partial charge >= 0.3 is 0 Å². The predicted octanol–water partition coefficient (Wildman–Crippen LogP) is 3.38. The Morgan fingerprint density at radius 1 is 1.32 bits per heavy atom. The Balaban J connectivity index is 2.11. The van der Waals surface area contributed by atoms with Crippen LogP contribution < -0.4 is 0 Å². The summed E-state index contributed by atoms with van der Waals surface area (Å²) in [5.74, 6) is 2.44. The molecule has 0 bridgehead atoms. The maximum Gasteiger partial charge on any atom is 0.0486 e. The zero-order valence-electron chi connectivity index (χ0n) is 12.0. The van der Waals surface area contributed by atoms with Gasteiger partial charge < -0.3 is 9.47 Å². The molecular weight excluding hydrogens is 252 g/mol. The third-order valence-corrected chi connectivity index (χ3v) is 5.24. The van der Waals surface area contributed by atoms with Crippen LogP contribution in [0.2, 0.25) is 0 Å². The van der Waals surface area contributed by atoms with Gasteiger partial charge in [0.25, 0.3) is 0 Å². The van der Waals surface area contributed by atoms with Crippen LogP contribution in [0.5, 0.6) is 0 Å². The Kier molecular flexibility index (Phi) is 3.59. The molecule has 0 spiro atoms. The van der Waals surface area contributed by atoms with E-state index in [0.29, 0.717) is 6.04 Å². The van der Waals surface area contributed by atoms with Crippen molar-refractivity contribution in [1.82, 2.24) is 9.47 Å². The molecule has 0 saturated carbocycles. The normalized spacial score (nSPS) is 16.8. The summed E-state index contributed by atoms with van der Waals surface area (Å²) in [6, 6.07) is 9.46. The largest absolute Gasteiger partial charge is 0.343 e.